The predicted octanol–water partition coefficient (Wildman–Crippen LogP) is 1.87. The minimum atomic E-state index is 0.119. The third-order valence-corrected chi connectivity index (χ3v) is 4.65. The predicted molar refractivity (Wildman–Crippen MR) is 58.6 cm³/mol. The zero-order chi connectivity index (χ0) is 8.39. The fourth-order valence-corrected chi connectivity index (χ4v) is 3.72. The van der Waals surface area contributed by atoms with Crippen molar-refractivity contribution in [2.75, 3.05) is 25.4 Å². The first-order valence-electron chi connectivity index (χ1n) is 4.95. The van der Waals surface area contributed by atoms with E-state index >= 15 is 0 Å². The van der Waals surface area contributed by atoms with Gasteiger partial charge in [0.05, 0.1) is 0 Å². The van der Waals surface area contributed by atoms with Crippen molar-refractivity contribution < 1.29 is 0 Å². The van der Waals surface area contributed by atoms with Crippen LogP contribution in [0.2, 0.25) is 0 Å². The zero-order valence-electron chi connectivity index (χ0n) is 7.79. The monoisotopic (exact) mass is 183 g/mol. The van der Waals surface area contributed by atoms with Gasteiger partial charge in [0.25, 0.3) is 0 Å². The molecule has 0 bridgehead atoms. The minimum absolute atomic E-state index is 0.119. The molecule has 1 nitrogen and oxygen atoms in total. The van der Waals surface area contributed by atoms with E-state index in [4.69, 9.17) is 0 Å². The molecule has 12 heavy (non-hydrogen) atoms. The van der Waals surface area contributed by atoms with Crippen LogP contribution in [0.5, 0.6) is 0 Å². The Kier molecular flexibility index (Phi) is 2.60. The van der Waals surface area contributed by atoms with Crippen LogP contribution in [0.15, 0.2) is 12.3 Å². The molecule has 2 rings (SSSR count). The van der Waals surface area contributed by atoms with Crippen LogP contribution < -0.4 is 0 Å². The molecular weight excluding hydrogens is 165 g/mol. The van der Waals surface area contributed by atoms with E-state index in [1.807, 2.05) is 0 Å². The molecule has 0 radical (unpaired) electrons. The fraction of sp³-hybridized carbons (Fsp3) is 0.700. The highest BCUT2D eigenvalue weighted by atomic mass is 31.1. The molecule has 0 spiro atoms. The lowest BCUT2D eigenvalue weighted by atomic mass is 10.2. The second-order valence-electron chi connectivity index (χ2n) is 3.85. The number of likely N-dealkylation sites (tertiary alicyclic amines) is 1. The van der Waals surface area contributed by atoms with Crippen LogP contribution in [-0.4, -0.2) is 36.1 Å². The van der Waals surface area contributed by atoms with E-state index in [0.29, 0.717) is 0 Å². The highest BCUT2D eigenvalue weighted by Crippen LogP contribution is 2.39. The van der Waals surface area contributed by atoms with E-state index < -0.39 is 0 Å². The zero-order valence-corrected chi connectivity index (χ0v) is 8.79. The molecule has 0 aromatic heterocycles. The summed E-state index contributed by atoms with van der Waals surface area (Å²) in [5.41, 5.74) is 0. The molecule has 2 fully saturated rings. The minimum Gasteiger partial charge on any atom is -0.377 e. The van der Waals surface area contributed by atoms with Gasteiger partial charge in [0.2, 0.25) is 0 Å². The largest absolute Gasteiger partial charge is 0.377 e. The Morgan fingerprint density at radius 2 is 2.25 bits per heavy atom. The molecule has 1 atom stereocenters. The van der Waals surface area contributed by atoms with E-state index in [2.05, 4.69) is 29.9 Å². The molecule has 2 heterocycles. The highest BCUT2D eigenvalue weighted by Gasteiger charge is 2.20. The molecule has 0 aromatic carbocycles. The summed E-state index contributed by atoms with van der Waals surface area (Å²) in [4.78, 5) is 2.45. The van der Waals surface area contributed by atoms with Gasteiger partial charge < -0.3 is 4.90 Å². The molecule has 0 N–H and O–H groups in total. The number of nitrogens with zero attached hydrogens (tertiary/aromatic N) is 1. The Hall–Kier alpha value is -0.160. The number of rotatable bonds is 2. The summed E-state index contributed by atoms with van der Waals surface area (Å²) >= 11 is 0. The summed E-state index contributed by atoms with van der Waals surface area (Å²) in [6.45, 7) is 4.67. The van der Waals surface area contributed by atoms with Crippen LogP contribution in [0.3, 0.4) is 0 Å². The van der Waals surface area contributed by atoms with Gasteiger partial charge in [0, 0.05) is 13.1 Å². The Morgan fingerprint density at radius 3 is 2.92 bits per heavy atom. The Bertz CT molecular complexity index is 214. The fourth-order valence-electron chi connectivity index (χ4n) is 1.87. The van der Waals surface area contributed by atoms with Crippen molar-refractivity contribution in [3.63, 3.8) is 0 Å². The summed E-state index contributed by atoms with van der Waals surface area (Å²) in [5, 5.41) is 0. The molecule has 2 heteroatoms. The van der Waals surface area contributed by atoms with E-state index in [-0.39, 0.29) is 7.55 Å². The van der Waals surface area contributed by atoms with E-state index in [0.717, 1.165) is 5.92 Å². The van der Waals surface area contributed by atoms with Gasteiger partial charge in [0.15, 0.2) is 0 Å². The van der Waals surface area contributed by atoms with E-state index in [1.54, 1.807) is 12.3 Å². The summed E-state index contributed by atoms with van der Waals surface area (Å²) in [5.74, 6) is 3.62. The maximum Gasteiger partial charge on any atom is 0.0236 e. The first kappa shape index (κ1) is 8.44. The number of hydrogen-bond donors (Lipinski definition) is 0. The first-order chi connectivity index (χ1) is 5.88. The van der Waals surface area contributed by atoms with Crippen molar-refractivity contribution >= 4 is 13.3 Å². The van der Waals surface area contributed by atoms with E-state index in [9.17, 15) is 0 Å². The lowest BCUT2D eigenvalue weighted by Gasteiger charge is -2.10. The van der Waals surface area contributed by atoms with E-state index in [1.165, 1.54) is 19.5 Å². The van der Waals surface area contributed by atoms with Crippen molar-refractivity contribution in [3.05, 3.63) is 12.3 Å². The lowest BCUT2D eigenvalue weighted by Crippen LogP contribution is -2.13. The van der Waals surface area contributed by atoms with Gasteiger partial charge in [-0.25, -0.2) is 0 Å². The molecule has 1 unspecified atom stereocenters. The SMILES string of the molecule is C/C=C/N1CCC(C=[PH]2CC2)C1. The Labute approximate surface area is 75.8 Å². The standard InChI is InChI=1S/C10H18NP/c1-2-4-11-5-3-10(8-11)9-12-6-7-12/h2,4,9-10,12H,3,5-8H2,1H3/b4-2+. The van der Waals surface area contributed by atoms with Gasteiger partial charge in [-0.1, -0.05) is 11.9 Å². The first-order valence-corrected chi connectivity index (χ1v) is 6.94. The Morgan fingerprint density at radius 1 is 1.42 bits per heavy atom. The van der Waals surface area contributed by atoms with Crippen molar-refractivity contribution in [2.24, 2.45) is 5.92 Å². The second-order valence-corrected chi connectivity index (χ2v) is 6.50. The molecule has 2 aliphatic heterocycles. The Balaban J connectivity index is 1.85. The van der Waals surface area contributed by atoms with Gasteiger partial charge >= 0.3 is 0 Å². The van der Waals surface area contributed by atoms with Gasteiger partial charge in [-0.15, -0.1) is 7.55 Å². The summed E-state index contributed by atoms with van der Waals surface area (Å²) < 4.78 is 0. The molecular formula is C10H18NP. The molecule has 68 valence electrons. The second kappa shape index (κ2) is 3.70. The molecule has 0 saturated carbocycles. The normalized spacial score (nSPS) is 30.1. The molecule has 2 saturated heterocycles. The average molecular weight is 183 g/mol. The van der Waals surface area contributed by atoms with Crippen molar-refractivity contribution in [1.82, 2.24) is 4.90 Å². The van der Waals surface area contributed by atoms with Crippen LogP contribution in [0, 0.1) is 5.92 Å². The maximum atomic E-state index is 2.69. The van der Waals surface area contributed by atoms with Gasteiger partial charge in [-0.05, 0) is 37.8 Å². The quantitative estimate of drug-likeness (QED) is 0.591. The van der Waals surface area contributed by atoms with Crippen LogP contribution in [0.4, 0.5) is 0 Å². The smallest absolute Gasteiger partial charge is 0.0236 e. The topological polar surface area (TPSA) is 3.24 Å². The summed E-state index contributed by atoms with van der Waals surface area (Å²) in [7, 11) is 0.119. The van der Waals surface area contributed by atoms with Crippen molar-refractivity contribution in [1.29, 1.82) is 0 Å². The highest BCUT2D eigenvalue weighted by molar-refractivity contribution is 7.64. The molecule has 0 amide bonds. The third-order valence-electron chi connectivity index (χ3n) is 2.63. The van der Waals surface area contributed by atoms with Gasteiger partial charge in [0.1, 0.15) is 0 Å². The summed E-state index contributed by atoms with van der Waals surface area (Å²) in [6, 6.07) is 0. The van der Waals surface area contributed by atoms with Gasteiger partial charge in [-0.2, -0.15) is 0 Å². The average Bonchev–Trinajstić information content (AvgIpc) is 2.74. The number of hydrogen-bond acceptors (Lipinski definition) is 1. The van der Waals surface area contributed by atoms with Crippen LogP contribution >= 0.6 is 7.55 Å². The van der Waals surface area contributed by atoms with Crippen LogP contribution in [-0.2, 0) is 0 Å². The summed E-state index contributed by atoms with van der Waals surface area (Å²) in [6.07, 6.45) is 8.90. The van der Waals surface area contributed by atoms with Gasteiger partial charge in [-0.3, -0.25) is 0 Å². The van der Waals surface area contributed by atoms with Crippen molar-refractivity contribution in [3.8, 4) is 0 Å². The molecule has 0 aromatic rings. The van der Waals surface area contributed by atoms with Crippen LogP contribution in [0.1, 0.15) is 13.3 Å². The van der Waals surface area contributed by atoms with Crippen molar-refractivity contribution in [2.45, 2.75) is 13.3 Å². The maximum absolute atomic E-state index is 2.69. The van der Waals surface area contributed by atoms with Crippen LogP contribution in [0.25, 0.3) is 0 Å². The third kappa shape index (κ3) is 2.17. The number of allylic oxidation sites excluding steroid dienone is 1. The molecule has 2 aliphatic rings. The lowest BCUT2D eigenvalue weighted by molar-refractivity contribution is 0.460. The molecule has 0 aliphatic carbocycles.